The fourth-order valence-electron chi connectivity index (χ4n) is 2.21. The van der Waals surface area contributed by atoms with Crippen LogP contribution in [-0.2, 0) is 9.53 Å². The van der Waals surface area contributed by atoms with Crippen molar-refractivity contribution in [2.45, 2.75) is 32.2 Å². The summed E-state index contributed by atoms with van der Waals surface area (Å²) in [6.07, 6.45) is 6.54. The molecule has 1 fully saturated rings. The first-order chi connectivity index (χ1) is 8.71. The Hall–Kier alpha value is -1.36. The van der Waals surface area contributed by atoms with Crippen LogP contribution in [0.25, 0.3) is 0 Å². The molecule has 5 heteroatoms. The number of nitrogens with zero attached hydrogens (tertiary/aromatic N) is 2. The van der Waals surface area contributed by atoms with E-state index in [4.69, 9.17) is 4.74 Å². The SMILES string of the molecule is CC[C@H](C(=O)NCC1(COC)CC1)n1cccn1. The average Bonchev–Trinajstić information content (AvgIpc) is 2.91. The molecule has 0 radical (unpaired) electrons. The first-order valence-electron chi connectivity index (χ1n) is 6.46. The first-order valence-corrected chi connectivity index (χ1v) is 6.46. The van der Waals surface area contributed by atoms with Gasteiger partial charge in [-0.2, -0.15) is 5.10 Å². The van der Waals surface area contributed by atoms with E-state index in [9.17, 15) is 4.79 Å². The van der Waals surface area contributed by atoms with Crippen molar-refractivity contribution in [1.82, 2.24) is 15.1 Å². The minimum Gasteiger partial charge on any atom is -0.384 e. The quantitative estimate of drug-likeness (QED) is 0.796. The molecule has 1 saturated carbocycles. The molecule has 0 bridgehead atoms. The lowest BCUT2D eigenvalue weighted by molar-refractivity contribution is -0.125. The molecule has 1 amide bonds. The summed E-state index contributed by atoms with van der Waals surface area (Å²) >= 11 is 0. The molecule has 0 spiro atoms. The summed E-state index contributed by atoms with van der Waals surface area (Å²) in [5.74, 6) is 0.0450. The van der Waals surface area contributed by atoms with Crippen molar-refractivity contribution in [3.05, 3.63) is 18.5 Å². The highest BCUT2D eigenvalue weighted by Crippen LogP contribution is 2.45. The van der Waals surface area contributed by atoms with Crippen LogP contribution in [0.3, 0.4) is 0 Å². The molecule has 1 heterocycles. The molecule has 1 N–H and O–H groups in total. The maximum atomic E-state index is 12.1. The number of carbonyl (C=O) groups is 1. The van der Waals surface area contributed by atoms with E-state index in [1.54, 1.807) is 18.0 Å². The van der Waals surface area contributed by atoms with Crippen molar-refractivity contribution in [2.24, 2.45) is 5.41 Å². The molecule has 100 valence electrons. The number of nitrogens with one attached hydrogen (secondary N) is 1. The Labute approximate surface area is 108 Å². The van der Waals surface area contributed by atoms with Gasteiger partial charge in [0.25, 0.3) is 0 Å². The summed E-state index contributed by atoms with van der Waals surface area (Å²) in [6.45, 7) is 3.43. The van der Waals surface area contributed by atoms with Crippen LogP contribution in [0.5, 0.6) is 0 Å². The number of carbonyl (C=O) groups excluding carboxylic acids is 1. The zero-order valence-electron chi connectivity index (χ0n) is 11.1. The van der Waals surface area contributed by atoms with Gasteiger partial charge in [0, 0.05) is 31.5 Å². The van der Waals surface area contributed by atoms with Crippen molar-refractivity contribution in [1.29, 1.82) is 0 Å². The van der Waals surface area contributed by atoms with Gasteiger partial charge >= 0.3 is 0 Å². The summed E-state index contributed by atoms with van der Waals surface area (Å²) in [7, 11) is 1.71. The van der Waals surface area contributed by atoms with E-state index in [0.29, 0.717) is 6.54 Å². The predicted octanol–water partition coefficient (Wildman–Crippen LogP) is 1.38. The fourth-order valence-corrected chi connectivity index (χ4v) is 2.21. The van der Waals surface area contributed by atoms with E-state index < -0.39 is 0 Å². The van der Waals surface area contributed by atoms with E-state index in [-0.39, 0.29) is 17.4 Å². The molecule has 18 heavy (non-hydrogen) atoms. The molecule has 1 aromatic heterocycles. The molecule has 1 aromatic rings. The molecule has 1 aliphatic carbocycles. The Balaban J connectivity index is 1.87. The molecular formula is C13H21N3O2. The Kier molecular flexibility index (Phi) is 4.01. The van der Waals surface area contributed by atoms with Crippen LogP contribution in [0.1, 0.15) is 32.2 Å². The Morgan fingerprint density at radius 3 is 2.89 bits per heavy atom. The third kappa shape index (κ3) is 2.90. The van der Waals surface area contributed by atoms with E-state index in [1.165, 1.54) is 0 Å². The zero-order valence-corrected chi connectivity index (χ0v) is 11.1. The van der Waals surface area contributed by atoms with Crippen LogP contribution in [-0.4, -0.2) is 35.9 Å². The molecule has 2 rings (SSSR count). The maximum Gasteiger partial charge on any atom is 0.244 e. The monoisotopic (exact) mass is 251 g/mol. The average molecular weight is 251 g/mol. The second-order valence-corrected chi connectivity index (χ2v) is 5.06. The van der Waals surface area contributed by atoms with Gasteiger partial charge in [-0.15, -0.1) is 0 Å². The smallest absolute Gasteiger partial charge is 0.244 e. The summed E-state index contributed by atoms with van der Waals surface area (Å²) in [5, 5.41) is 7.17. The zero-order chi connectivity index (χ0) is 13.0. The predicted molar refractivity (Wildman–Crippen MR) is 68.1 cm³/mol. The summed E-state index contributed by atoms with van der Waals surface area (Å²) < 4.78 is 6.91. The normalized spacial score (nSPS) is 18.3. The summed E-state index contributed by atoms with van der Waals surface area (Å²) in [5.41, 5.74) is 0.187. The highest BCUT2D eigenvalue weighted by atomic mass is 16.5. The number of hydrogen-bond acceptors (Lipinski definition) is 3. The number of rotatable bonds is 7. The Morgan fingerprint density at radius 1 is 1.61 bits per heavy atom. The van der Waals surface area contributed by atoms with Gasteiger partial charge in [0.1, 0.15) is 6.04 Å². The van der Waals surface area contributed by atoms with Crippen molar-refractivity contribution in [2.75, 3.05) is 20.3 Å². The Bertz CT molecular complexity index is 385. The maximum absolute atomic E-state index is 12.1. The van der Waals surface area contributed by atoms with Crippen molar-refractivity contribution >= 4 is 5.91 Å². The number of methoxy groups -OCH3 is 1. The van der Waals surface area contributed by atoms with E-state index >= 15 is 0 Å². The number of aromatic nitrogens is 2. The number of amides is 1. The second-order valence-electron chi connectivity index (χ2n) is 5.06. The minimum absolute atomic E-state index is 0.0450. The van der Waals surface area contributed by atoms with Gasteiger partial charge < -0.3 is 10.1 Å². The van der Waals surface area contributed by atoms with Crippen LogP contribution in [0, 0.1) is 5.41 Å². The van der Waals surface area contributed by atoms with Gasteiger partial charge in [0.05, 0.1) is 6.61 Å². The van der Waals surface area contributed by atoms with E-state index in [2.05, 4.69) is 10.4 Å². The molecule has 1 atom stereocenters. The molecule has 0 unspecified atom stereocenters. The van der Waals surface area contributed by atoms with Crippen molar-refractivity contribution in [3.8, 4) is 0 Å². The van der Waals surface area contributed by atoms with Crippen LogP contribution in [0.15, 0.2) is 18.5 Å². The van der Waals surface area contributed by atoms with Gasteiger partial charge in [0.15, 0.2) is 0 Å². The highest BCUT2D eigenvalue weighted by molar-refractivity contribution is 5.80. The lowest BCUT2D eigenvalue weighted by Crippen LogP contribution is -2.37. The largest absolute Gasteiger partial charge is 0.384 e. The standard InChI is InChI=1S/C13H21N3O2/c1-3-11(16-8-4-7-15-16)12(17)14-9-13(5-6-13)10-18-2/h4,7-8,11H,3,5-6,9-10H2,1-2H3,(H,14,17)/t11-/m1/s1. The van der Waals surface area contributed by atoms with E-state index in [0.717, 1.165) is 25.9 Å². The Morgan fingerprint density at radius 2 is 2.39 bits per heavy atom. The topological polar surface area (TPSA) is 56.1 Å². The van der Waals surface area contributed by atoms with Crippen LogP contribution in [0.4, 0.5) is 0 Å². The van der Waals surface area contributed by atoms with Gasteiger partial charge in [0.2, 0.25) is 5.91 Å². The van der Waals surface area contributed by atoms with Crippen LogP contribution < -0.4 is 5.32 Å². The first kappa shape index (κ1) is 13.1. The van der Waals surface area contributed by atoms with Gasteiger partial charge in [-0.05, 0) is 25.3 Å². The van der Waals surface area contributed by atoms with Crippen LogP contribution >= 0.6 is 0 Å². The lowest BCUT2D eigenvalue weighted by Gasteiger charge is -2.19. The summed E-state index contributed by atoms with van der Waals surface area (Å²) in [4.78, 5) is 12.1. The third-order valence-electron chi connectivity index (χ3n) is 3.58. The van der Waals surface area contributed by atoms with Crippen molar-refractivity contribution < 1.29 is 9.53 Å². The highest BCUT2D eigenvalue weighted by Gasteiger charge is 2.43. The number of ether oxygens (including phenoxy) is 1. The molecule has 5 nitrogen and oxygen atoms in total. The van der Waals surface area contributed by atoms with Crippen molar-refractivity contribution in [3.63, 3.8) is 0 Å². The van der Waals surface area contributed by atoms with E-state index in [1.807, 2.05) is 19.2 Å². The molecule has 0 aromatic carbocycles. The molecular weight excluding hydrogens is 230 g/mol. The molecule has 1 aliphatic rings. The summed E-state index contributed by atoms with van der Waals surface area (Å²) in [6, 6.07) is 1.63. The lowest BCUT2D eigenvalue weighted by atomic mass is 10.1. The fraction of sp³-hybridized carbons (Fsp3) is 0.692. The van der Waals surface area contributed by atoms with Gasteiger partial charge in [-0.1, -0.05) is 6.92 Å². The van der Waals surface area contributed by atoms with Gasteiger partial charge in [-0.3, -0.25) is 9.48 Å². The molecule has 0 aliphatic heterocycles. The van der Waals surface area contributed by atoms with Crippen LogP contribution in [0.2, 0.25) is 0 Å². The third-order valence-corrected chi connectivity index (χ3v) is 3.58. The second kappa shape index (κ2) is 5.52. The minimum atomic E-state index is -0.210. The number of hydrogen-bond donors (Lipinski definition) is 1. The van der Waals surface area contributed by atoms with Gasteiger partial charge in [-0.25, -0.2) is 0 Å². The molecule has 0 saturated heterocycles.